The third-order valence-electron chi connectivity index (χ3n) is 6.62. The molecule has 8 nitrogen and oxygen atoms in total. The second kappa shape index (κ2) is 9.67. The highest BCUT2D eigenvalue weighted by Crippen LogP contribution is 2.29. The number of hydrogen-bond donors (Lipinski definition) is 3. The van der Waals surface area contributed by atoms with E-state index in [2.05, 4.69) is 39.3 Å². The van der Waals surface area contributed by atoms with E-state index in [9.17, 15) is 4.79 Å². The van der Waals surface area contributed by atoms with Gasteiger partial charge in [0.25, 0.3) is 6.02 Å². The topological polar surface area (TPSA) is 112 Å². The van der Waals surface area contributed by atoms with Gasteiger partial charge in [-0.2, -0.15) is 0 Å². The highest BCUT2D eigenvalue weighted by atomic mass is 16.5. The van der Waals surface area contributed by atoms with Gasteiger partial charge >= 0.3 is 5.97 Å². The summed E-state index contributed by atoms with van der Waals surface area (Å²) in [5.74, 6) is 0.350. The van der Waals surface area contributed by atoms with E-state index in [-0.39, 0.29) is 18.4 Å². The van der Waals surface area contributed by atoms with Gasteiger partial charge in [0.1, 0.15) is 11.9 Å². The lowest BCUT2D eigenvalue weighted by atomic mass is 9.85. The zero-order chi connectivity index (χ0) is 23.5. The van der Waals surface area contributed by atoms with Crippen LogP contribution in [-0.4, -0.2) is 44.7 Å². The molecule has 1 aromatic carbocycles. The Morgan fingerprint density at radius 1 is 1.18 bits per heavy atom. The molecule has 176 valence electrons. The largest absolute Gasteiger partial charge is 0.481 e. The molecule has 8 heteroatoms. The summed E-state index contributed by atoms with van der Waals surface area (Å²) in [5, 5.41) is 12.1. The first-order valence-electron chi connectivity index (χ1n) is 11.9. The number of pyridine rings is 1. The summed E-state index contributed by atoms with van der Waals surface area (Å²) in [5.41, 5.74) is 6.05. The normalized spacial score (nSPS) is 20.4. The minimum atomic E-state index is -0.717. The lowest BCUT2D eigenvalue weighted by Crippen LogP contribution is -2.32. The van der Waals surface area contributed by atoms with E-state index in [1.54, 1.807) is 0 Å². The van der Waals surface area contributed by atoms with Gasteiger partial charge in [-0.1, -0.05) is 13.0 Å². The van der Waals surface area contributed by atoms with E-state index in [1.165, 1.54) is 5.56 Å². The molecule has 0 radical (unpaired) electrons. The second-order valence-electron chi connectivity index (χ2n) is 9.02. The van der Waals surface area contributed by atoms with Gasteiger partial charge in [-0.05, 0) is 67.9 Å². The van der Waals surface area contributed by atoms with Crippen molar-refractivity contribution in [3.05, 3.63) is 54.0 Å². The fraction of sp³-hybridized carbons (Fsp3) is 0.385. The number of carboxylic acid groups (broad SMARTS) is 1. The Kier molecular flexibility index (Phi) is 6.29. The molecule has 0 amide bonds. The van der Waals surface area contributed by atoms with Gasteiger partial charge in [-0.25, -0.2) is 9.98 Å². The number of aromatic nitrogens is 3. The first-order valence-corrected chi connectivity index (χ1v) is 11.9. The summed E-state index contributed by atoms with van der Waals surface area (Å²) >= 11 is 0. The maximum absolute atomic E-state index is 10.9. The molecule has 34 heavy (non-hydrogen) atoms. The summed E-state index contributed by atoms with van der Waals surface area (Å²) in [4.78, 5) is 28.1. The van der Waals surface area contributed by atoms with Gasteiger partial charge in [0.15, 0.2) is 0 Å². The molecule has 0 spiro atoms. The number of carboxylic acids is 1. The van der Waals surface area contributed by atoms with E-state index < -0.39 is 5.97 Å². The van der Waals surface area contributed by atoms with E-state index in [1.807, 2.05) is 30.6 Å². The number of rotatable bonds is 6. The van der Waals surface area contributed by atoms with Crippen LogP contribution in [0.3, 0.4) is 0 Å². The monoisotopic (exact) mass is 459 g/mol. The average Bonchev–Trinajstić information content (AvgIpc) is 3.29. The molecule has 3 heterocycles. The summed E-state index contributed by atoms with van der Waals surface area (Å²) in [6.07, 6.45) is 8.54. The molecule has 0 saturated heterocycles. The molecule has 1 saturated carbocycles. The maximum Gasteiger partial charge on any atom is 0.303 e. The Bertz CT molecular complexity index is 1240. The van der Waals surface area contributed by atoms with E-state index in [4.69, 9.17) is 14.8 Å². The molecule has 5 rings (SSSR count). The van der Waals surface area contributed by atoms with Crippen LogP contribution in [0.5, 0.6) is 0 Å². The fourth-order valence-electron chi connectivity index (χ4n) is 4.62. The number of benzene rings is 1. The van der Waals surface area contributed by atoms with Gasteiger partial charge < -0.3 is 20.1 Å². The van der Waals surface area contributed by atoms with Crippen molar-refractivity contribution in [1.29, 1.82) is 0 Å². The van der Waals surface area contributed by atoms with Crippen molar-refractivity contribution in [2.24, 2.45) is 10.9 Å². The first kappa shape index (κ1) is 22.1. The molecule has 2 aromatic heterocycles. The molecule has 3 aromatic rings. The van der Waals surface area contributed by atoms with Crippen LogP contribution in [0.25, 0.3) is 28.0 Å². The summed E-state index contributed by atoms with van der Waals surface area (Å²) < 4.78 is 6.01. The van der Waals surface area contributed by atoms with E-state index in [0.29, 0.717) is 12.6 Å². The molecule has 0 bridgehead atoms. The van der Waals surface area contributed by atoms with Crippen LogP contribution >= 0.6 is 0 Å². The number of carbonyl (C=O) groups is 1. The number of nitrogens with zero attached hydrogens (tertiary/aromatic N) is 3. The van der Waals surface area contributed by atoms with E-state index in [0.717, 1.165) is 65.8 Å². The molecule has 1 aliphatic carbocycles. The van der Waals surface area contributed by atoms with Gasteiger partial charge in [-0.15, -0.1) is 0 Å². The van der Waals surface area contributed by atoms with Crippen molar-refractivity contribution in [3.8, 4) is 11.4 Å². The Morgan fingerprint density at radius 2 is 2.03 bits per heavy atom. The summed E-state index contributed by atoms with van der Waals surface area (Å²) in [6.45, 7) is 2.64. The molecule has 1 fully saturated rings. The average molecular weight is 460 g/mol. The molecule has 3 N–H and O–H groups in total. The lowest BCUT2D eigenvalue weighted by molar-refractivity contribution is -0.138. The highest BCUT2D eigenvalue weighted by Gasteiger charge is 2.25. The van der Waals surface area contributed by atoms with Crippen LogP contribution in [0.2, 0.25) is 0 Å². The van der Waals surface area contributed by atoms with Crippen LogP contribution in [-0.2, 0) is 16.0 Å². The SMILES string of the molecule is CCc1ccc2nc(-c3ccc(C4=CNC(OC5CCC(CC(=O)O)CC5)=NC4)nc3)[nH]c2c1. The number of aliphatic imine (C=N–C) groups is 1. The number of ether oxygens (including phenoxy) is 1. The number of fused-ring (bicyclic) bond motifs is 1. The predicted octanol–water partition coefficient (Wildman–Crippen LogP) is 4.54. The second-order valence-corrected chi connectivity index (χ2v) is 9.02. The predicted molar refractivity (Wildman–Crippen MR) is 131 cm³/mol. The lowest BCUT2D eigenvalue weighted by Gasteiger charge is -2.29. The molecule has 0 atom stereocenters. The van der Waals surface area contributed by atoms with E-state index >= 15 is 0 Å². The van der Waals surface area contributed by atoms with Gasteiger partial charge in [-0.3, -0.25) is 9.78 Å². The van der Waals surface area contributed by atoms with Crippen molar-refractivity contribution >= 4 is 28.6 Å². The Morgan fingerprint density at radius 3 is 2.71 bits per heavy atom. The van der Waals surface area contributed by atoms with Crippen molar-refractivity contribution in [1.82, 2.24) is 20.3 Å². The van der Waals surface area contributed by atoms with Gasteiger partial charge in [0.05, 0.1) is 23.3 Å². The number of nitrogens with one attached hydrogen (secondary N) is 2. The van der Waals surface area contributed by atoms with Crippen LogP contribution in [0.15, 0.2) is 47.7 Å². The number of aliphatic carboxylic acids is 1. The van der Waals surface area contributed by atoms with Crippen molar-refractivity contribution in [2.75, 3.05) is 6.54 Å². The highest BCUT2D eigenvalue weighted by molar-refractivity contribution is 5.82. The van der Waals surface area contributed by atoms with Crippen molar-refractivity contribution in [3.63, 3.8) is 0 Å². The number of imidazole rings is 1. The Balaban J connectivity index is 1.17. The molecule has 1 aliphatic heterocycles. The number of amidine groups is 1. The third kappa shape index (κ3) is 4.95. The molecular weight excluding hydrogens is 430 g/mol. The minimum absolute atomic E-state index is 0.0841. The smallest absolute Gasteiger partial charge is 0.303 e. The maximum atomic E-state index is 10.9. The fourth-order valence-corrected chi connectivity index (χ4v) is 4.62. The van der Waals surface area contributed by atoms with Crippen LogP contribution < -0.4 is 5.32 Å². The standard InChI is InChI=1S/C26H29N5O3/c1-2-16-5-9-22-23(11-16)31-25(30-22)18-6-10-21(27-13-18)19-14-28-26(29-15-19)34-20-7-3-17(4-8-20)12-24(32)33/h5-6,9-11,13-14,17,20H,2-4,7-8,12,15H2,1H3,(H,28,29)(H,30,31)(H,32,33). The third-order valence-corrected chi connectivity index (χ3v) is 6.62. The van der Waals surface area contributed by atoms with Crippen LogP contribution in [0.1, 0.15) is 50.3 Å². The molecule has 0 unspecified atom stereocenters. The van der Waals surface area contributed by atoms with Gasteiger partial charge in [0, 0.05) is 30.0 Å². The van der Waals surface area contributed by atoms with Crippen molar-refractivity contribution in [2.45, 2.75) is 51.6 Å². The minimum Gasteiger partial charge on any atom is -0.481 e. The summed E-state index contributed by atoms with van der Waals surface area (Å²) in [6, 6.07) is 10.8. The molecule has 2 aliphatic rings. The number of hydrogen-bond acceptors (Lipinski definition) is 6. The van der Waals surface area contributed by atoms with Crippen molar-refractivity contribution < 1.29 is 14.6 Å². The Hall–Kier alpha value is -3.68. The number of aromatic amines is 1. The number of H-pyrrole nitrogens is 1. The number of aryl methyl sites for hydroxylation is 1. The van der Waals surface area contributed by atoms with Gasteiger partial charge in [0.2, 0.25) is 0 Å². The first-order chi connectivity index (χ1) is 16.6. The van der Waals surface area contributed by atoms with Crippen LogP contribution in [0, 0.1) is 5.92 Å². The van der Waals surface area contributed by atoms with Crippen LogP contribution in [0.4, 0.5) is 0 Å². The Labute approximate surface area is 198 Å². The zero-order valence-electron chi connectivity index (χ0n) is 19.3. The molecular formula is C26H29N5O3. The zero-order valence-corrected chi connectivity index (χ0v) is 19.3. The quantitative estimate of drug-likeness (QED) is 0.499. The summed E-state index contributed by atoms with van der Waals surface area (Å²) in [7, 11) is 0.